The summed E-state index contributed by atoms with van der Waals surface area (Å²) < 4.78 is 13.5. The van der Waals surface area contributed by atoms with Gasteiger partial charge in [0.2, 0.25) is 0 Å². The van der Waals surface area contributed by atoms with Gasteiger partial charge in [-0.3, -0.25) is 4.79 Å². The molecular formula is C12H17O7P. The minimum atomic E-state index is -4.64. The van der Waals surface area contributed by atoms with Crippen molar-refractivity contribution in [2.75, 3.05) is 0 Å². The van der Waals surface area contributed by atoms with Crippen LogP contribution in [0.5, 0.6) is 0 Å². The molecule has 0 heterocycles. The van der Waals surface area contributed by atoms with E-state index in [1.165, 1.54) is 0 Å². The van der Waals surface area contributed by atoms with E-state index in [2.05, 4.69) is 4.74 Å². The van der Waals surface area contributed by atoms with Crippen LogP contribution in [-0.4, -0.2) is 26.6 Å². The molecule has 0 unspecified atom stereocenters. The summed E-state index contributed by atoms with van der Waals surface area (Å²) in [4.78, 5) is 44.0. The Labute approximate surface area is 116 Å². The lowest BCUT2D eigenvalue weighted by Gasteiger charge is -2.02. The molecule has 1 aromatic carbocycles. The molecule has 0 radical (unpaired) electrons. The molecule has 20 heavy (non-hydrogen) atoms. The monoisotopic (exact) mass is 304 g/mol. The zero-order valence-electron chi connectivity index (χ0n) is 11.1. The highest BCUT2D eigenvalue weighted by molar-refractivity contribution is 7.45. The van der Waals surface area contributed by atoms with Crippen LogP contribution in [0, 0.1) is 6.92 Å². The number of esters is 2. The van der Waals surface area contributed by atoms with Gasteiger partial charge in [0.1, 0.15) is 0 Å². The molecule has 0 aliphatic carbocycles. The van der Waals surface area contributed by atoms with Crippen molar-refractivity contribution in [2.45, 2.75) is 26.7 Å². The maximum atomic E-state index is 11.4. The van der Waals surface area contributed by atoms with Gasteiger partial charge in [0, 0.05) is 6.42 Å². The van der Waals surface area contributed by atoms with E-state index in [0.717, 1.165) is 5.56 Å². The molecule has 8 heteroatoms. The summed E-state index contributed by atoms with van der Waals surface area (Å²) in [5, 5.41) is 0. The zero-order valence-corrected chi connectivity index (χ0v) is 12.0. The normalized spacial score (nSPS) is 10.2. The molecule has 0 fully saturated rings. The lowest BCUT2D eigenvalue weighted by atomic mass is 10.1. The summed E-state index contributed by atoms with van der Waals surface area (Å²) in [6.07, 6.45) is 0.956. The van der Waals surface area contributed by atoms with Crippen molar-refractivity contribution in [2.24, 2.45) is 0 Å². The van der Waals surface area contributed by atoms with E-state index in [-0.39, 0.29) is 6.42 Å². The average Bonchev–Trinajstić information content (AvgIpc) is 2.27. The van der Waals surface area contributed by atoms with Crippen molar-refractivity contribution in [1.29, 1.82) is 0 Å². The largest absolute Gasteiger partial charge is 0.466 e. The van der Waals surface area contributed by atoms with Crippen molar-refractivity contribution in [1.82, 2.24) is 0 Å². The molecule has 0 amide bonds. The number of ether oxygens (including phenoxy) is 1. The third-order valence-electron chi connectivity index (χ3n) is 1.95. The van der Waals surface area contributed by atoms with Crippen LogP contribution in [0.25, 0.3) is 0 Å². The standard InChI is InChI=1S/C12H14O3.H3O4P/c1-3-4-11(13)15-12(14)10-7-5-9(2)6-8-10;1-5(2,3)4/h5-8H,3-4H2,1-2H3;(H3,1,2,3,4). The summed E-state index contributed by atoms with van der Waals surface area (Å²) >= 11 is 0. The Morgan fingerprint density at radius 2 is 1.60 bits per heavy atom. The minimum Gasteiger partial charge on any atom is -0.389 e. The van der Waals surface area contributed by atoms with Gasteiger partial charge in [-0.25, -0.2) is 9.36 Å². The third-order valence-corrected chi connectivity index (χ3v) is 1.95. The van der Waals surface area contributed by atoms with Gasteiger partial charge < -0.3 is 19.4 Å². The number of aryl methyl sites for hydroxylation is 1. The Hall–Kier alpha value is -1.53. The van der Waals surface area contributed by atoms with Gasteiger partial charge in [0.05, 0.1) is 5.56 Å². The highest BCUT2D eigenvalue weighted by Gasteiger charge is 2.11. The molecule has 0 saturated heterocycles. The van der Waals surface area contributed by atoms with Gasteiger partial charge in [-0.05, 0) is 25.5 Å². The molecule has 0 saturated carbocycles. The average molecular weight is 304 g/mol. The summed E-state index contributed by atoms with van der Waals surface area (Å²) in [6.45, 7) is 3.79. The number of hydrogen-bond donors (Lipinski definition) is 3. The highest BCUT2D eigenvalue weighted by atomic mass is 31.2. The molecule has 0 aliphatic heterocycles. The number of rotatable bonds is 3. The Kier molecular flexibility index (Phi) is 7.94. The molecule has 0 spiro atoms. The van der Waals surface area contributed by atoms with Crippen molar-refractivity contribution in [3.8, 4) is 0 Å². The van der Waals surface area contributed by atoms with E-state index in [4.69, 9.17) is 19.2 Å². The van der Waals surface area contributed by atoms with Crippen molar-refractivity contribution < 1.29 is 33.6 Å². The zero-order chi connectivity index (χ0) is 15.8. The highest BCUT2D eigenvalue weighted by Crippen LogP contribution is 2.25. The minimum absolute atomic E-state index is 0.275. The maximum Gasteiger partial charge on any atom is 0.466 e. The molecule has 7 nitrogen and oxygen atoms in total. The van der Waals surface area contributed by atoms with Crippen molar-refractivity contribution in [3.05, 3.63) is 35.4 Å². The molecule has 112 valence electrons. The summed E-state index contributed by atoms with van der Waals surface area (Å²) in [6, 6.07) is 6.91. The van der Waals surface area contributed by atoms with Gasteiger partial charge in [0.25, 0.3) is 0 Å². The number of carbonyl (C=O) groups is 2. The van der Waals surface area contributed by atoms with Crippen LogP contribution in [-0.2, 0) is 14.1 Å². The SMILES string of the molecule is CCCC(=O)OC(=O)c1ccc(C)cc1.O=P(O)(O)O. The number of phosphoric acid groups is 1. The van der Waals surface area contributed by atoms with Gasteiger partial charge in [0.15, 0.2) is 0 Å². The molecule has 0 atom stereocenters. The van der Waals surface area contributed by atoms with E-state index in [9.17, 15) is 9.59 Å². The second kappa shape index (κ2) is 8.60. The molecule has 0 bridgehead atoms. The van der Waals surface area contributed by atoms with Crippen LogP contribution in [0.3, 0.4) is 0 Å². The molecule has 3 N–H and O–H groups in total. The van der Waals surface area contributed by atoms with Gasteiger partial charge in [-0.2, -0.15) is 0 Å². The maximum absolute atomic E-state index is 11.4. The predicted molar refractivity (Wildman–Crippen MR) is 70.8 cm³/mol. The Morgan fingerprint density at radius 3 is 2.00 bits per heavy atom. The van der Waals surface area contributed by atoms with E-state index in [1.54, 1.807) is 24.3 Å². The first-order valence-corrected chi connectivity index (χ1v) is 7.30. The van der Waals surface area contributed by atoms with Crippen LogP contribution in [0.15, 0.2) is 24.3 Å². The van der Waals surface area contributed by atoms with Gasteiger partial charge in [-0.15, -0.1) is 0 Å². The topological polar surface area (TPSA) is 121 Å². The second-order valence-electron chi connectivity index (χ2n) is 3.89. The van der Waals surface area contributed by atoms with Crippen LogP contribution in [0.2, 0.25) is 0 Å². The van der Waals surface area contributed by atoms with E-state index in [0.29, 0.717) is 12.0 Å². The Balaban J connectivity index is 0.000000621. The first-order chi connectivity index (χ1) is 9.13. The molecule has 0 aliphatic rings. The quantitative estimate of drug-likeness (QED) is 0.440. The Morgan fingerprint density at radius 1 is 1.15 bits per heavy atom. The number of hydrogen-bond acceptors (Lipinski definition) is 4. The van der Waals surface area contributed by atoms with Crippen LogP contribution in [0.4, 0.5) is 0 Å². The van der Waals surface area contributed by atoms with Crippen LogP contribution < -0.4 is 0 Å². The molecular weight excluding hydrogens is 287 g/mol. The van der Waals surface area contributed by atoms with Crippen LogP contribution in [0.1, 0.15) is 35.7 Å². The first kappa shape index (κ1) is 18.5. The van der Waals surface area contributed by atoms with E-state index >= 15 is 0 Å². The third kappa shape index (κ3) is 10.4. The smallest absolute Gasteiger partial charge is 0.389 e. The van der Waals surface area contributed by atoms with E-state index < -0.39 is 19.8 Å². The van der Waals surface area contributed by atoms with Gasteiger partial charge >= 0.3 is 19.8 Å². The summed E-state index contributed by atoms with van der Waals surface area (Å²) in [5.74, 6) is -1.04. The van der Waals surface area contributed by atoms with Crippen molar-refractivity contribution in [3.63, 3.8) is 0 Å². The van der Waals surface area contributed by atoms with Crippen molar-refractivity contribution >= 4 is 19.8 Å². The fraction of sp³-hybridized carbons (Fsp3) is 0.333. The number of carbonyl (C=O) groups excluding carboxylic acids is 2. The van der Waals surface area contributed by atoms with E-state index in [1.807, 2.05) is 13.8 Å². The molecule has 1 rings (SSSR count). The lowest BCUT2D eigenvalue weighted by Crippen LogP contribution is -2.11. The lowest BCUT2D eigenvalue weighted by molar-refractivity contribution is -0.137. The fourth-order valence-corrected chi connectivity index (χ4v) is 1.11. The summed E-state index contributed by atoms with van der Waals surface area (Å²) in [5.41, 5.74) is 1.47. The molecule has 1 aromatic rings. The second-order valence-corrected chi connectivity index (χ2v) is 4.92. The molecule has 0 aromatic heterocycles. The fourth-order valence-electron chi connectivity index (χ4n) is 1.11. The summed E-state index contributed by atoms with van der Waals surface area (Å²) in [7, 11) is -4.64. The Bertz CT molecular complexity index is 481. The number of benzene rings is 1. The van der Waals surface area contributed by atoms with Crippen LogP contribution >= 0.6 is 7.82 Å². The predicted octanol–water partition coefficient (Wildman–Crippen LogP) is 1.55. The van der Waals surface area contributed by atoms with Gasteiger partial charge in [-0.1, -0.05) is 24.6 Å². The first-order valence-electron chi connectivity index (χ1n) is 5.73.